The Labute approximate surface area is 115 Å². The van der Waals surface area contributed by atoms with E-state index in [-0.39, 0.29) is 5.91 Å². The predicted molar refractivity (Wildman–Crippen MR) is 77.8 cm³/mol. The second-order valence-electron chi connectivity index (χ2n) is 3.95. The van der Waals surface area contributed by atoms with Crippen LogP contribution in [0, 0.1) is 0 Å². The van der Waals surface area contributed by atoms with Gasteiger partial charge >= 0.3 is 0 Å². The van der Waals surface area contributed by atoms with E-state index in [1.807, 2.05) is 37.3 Å². The van der Waals surface area contributed by atoms with Crippen molar-refractivity contribution in [1.29, 1.82) is 0 Å². The molecule has 1 atom stereocenters. The van der Waals surface area contributed by atoms with Crippen LogP contribution in [0.15, 0.2) is 59.5 Å². The lowest BCUT2D eigenvalue weighted by molar-refractivity contribution is 0.102. The molecule has 1 unspecified atom stereocenters. The summed E-state index contributed by atoms with van der Waals surface area (Å²) >= 11 is 0. The molecule has 0 bridgehead atoms. The summed E-state index contributed by atoms with van der Waals surface area (Å²) in [6.45, 7) is 1.84. The second kappa shape index (κ2) is 6.29. The molecule has 4 heteroatoms. The fourth-order valence-corrected chi connectivity index (χ4v) is 2.68. The van der Waals surface area contributed by atoms with Crippen LogP contribution in [0.2, 0.25) is 0 Å². The number of anilines is 1. The van der Waals surface area contributed by atoms with Gasteiger partial charge in [-0.25, -0.2) is 0 Å². The number of rotatable bonds is 4. The van der Waals surface area contributed by atoms with E-state index < -0.39 is 10.8 Å². The third-order valence-corrected chi connectivity index (χ3v) is 4.04. The molecule has 0 aliphatic heterocycles. The highest BCUT2D eigenvalue weighted by molar-refractivity contribution is 7.85. The minimum Gasteiger partial charge on any atom is -0.322 e. The van der Waals surface area contributed by atoms with Gasteiger partial charge in [0.15, 0.2) is 0 Å². The first-order valence-electron chi connectivity index (χ1n) is 6.06. The van der Waals surface area contributed by atoms with E-state index in [0.717, 1.165) is 5.69 Å². The molecule has 2 aromatic rings. The molecule has 19 heavy (non-hydrogen) atoms. The SMILES string of the molecule is CCS(=O)c1ccccc1C(=O)Nc1ccccc1. The normalized spacial score (nSPS) is 11.8. The maximum absolute atomic E-state index is 12.2. The largest absolute Gasteiger partial charge is 0.322 e. The Bertz CT molecular complexity index is 596. The summed E-state index contributed by atoms with van der Waals surface area (Å²) in [5.41, 5.74) is 1.19. The Morgan fingerprint density at radius 3 is 2.37 bits per heavy atom. The molecule has 0 saturated carbocycles. The van der Waals surface area contributed by atoms with E-state index in [1.165, 1.54) is 0 Å². The maximum atomic E-state index is 12.2. The van der Waals surface area contributed by atoms with Gasteiger partial charge in [-0.3, -0.25) is 9.00 Å². The zero-order valence-corrected chi connectivity index (χ0v) is 11.4. The second-order valence-corrected chi connectivity index (χ2v) is 5.66. The van der Waals surface area contributed by atoms with E-state index >= 15 is 0 Å². The molecule has 0 aliphatic carbocycles. The van der Waals surface area contributed by atoms with Gasteiger partial charge in [0.2, 0.25) is 0 Å². The number of benzene rings is 2. The summed E-state index contributed by atoms with van der Waals surface area (Å²) in [6, 6.07) is 16.2. The van der Waals surface area contributed by atoms with Gasteiger partial charge in [0, 0.05) is 11.4 Å². The van der Waals surface area contributed by atoms with Crippen molar-refractivity contribution in [3.8, 4) is 0 Å². The van der Waals surface area contributed by atoms with Gasteiger partial charge in [-0.05, 0) is 24.3 Å². The molecule has 3 nitrogen and oxygen atoms in total. The zero-order valence-electron chi connectivity index (χ0n) is 10.6. The molecule has 0 heterocycles. The predicted octanol–water partition coefficient (Wildman–Crippen LogP) is 3.07. The number of hydrogen-bond acceptors (Lipinski definition) is 2. The average molecular weight is 273 g/mol. The lowest BCUT2D eigenvalue weighted by Crippen LogP contribution is -2.15. The monoisotopic (exact) mass is 273 g/mol. The number of nitrogens with one attached hydrogen (secondary N) is 1. The summed E-state index contributed by atoms with van der Waals surface area (Å²) in [6.07, 6.45) is 0. The first-order chi connectivity index (χ1) is 9.22. The molecule has 0 aromatic heterocycles. The molecule has 1 amide bonds. The van der Waals surface area contributed by atoms with Crippen LogP contribution in [0.1, 0.15) is 17.3 Å². The van der Waals surface area contributed by atoms with Gasteiger partial charge in [0.05, 0.1) is 21.3 Å². The smallest absolute Gasteiger partial charge is 0.256 e. The van der Waals surface area contributed by atoms with Crippen molar-refractivity contribution < 1.29 is 9.00 Å². The number of para-hydroxylation sites is 1. The van der Waals surface area contributed by atoms with Gasteiger partial charge in [0.25, 0.3) is 5.91 Å². The number of carbonyl (C=O) groups is 1. The molecule has 0 fully saturated rings. The molecule has 0 saturated heterocycles. The first-order valence-corrected chi connectivity index (χ1v) is 7.38. The molecule has 2 rings (SSSR count). The molecule has 1 N–H and O–H groups in total. The van der Waals surface area contributed by atoms with Crippen LogP contribution in [-0.2, 0) is 10.8 Å². The standard InChI is InChI=1S/C15H15NO2S/c1-2-19(18)14-11-7-6-10-13(14)15(17)16-12-8-4-3-5-9-12/h3-11H,2H2,1H3,(H,16,17). The quantitative estimate of drug-likeness (QED) is 0.930. The van der Waals surface area contributed by atoms with Gasteiger partial charge in [-0.2, -0.15) is 0 Å². The molecule has 98 valence electrons. The average Bonchev–Trinajstić information content (AvgIpc) is 2.47. The number of amides is 1. The molecule has 2 aromatic carbocycles. The highest BCUT2D eigenvalue weighted by Gasteiger charge is 2.14. The van der Waals surface area contributed by atoms with Crippen LogP contribution in [0.4, 0.5) is 5.69 Å². The lowest BCUT2D eigenvalue weighted by atomic mass is 10.2. The summed E-state index contributed by atoms with van der Waals surface area (Å²) < 4.78 is 11.9. The minimum atomic E-state index is -1.14. The van der Waals surface area contributed by atoms with E-state index in [1.54, 1.807) is 24.3 Å². The zero-order chi connectivity index (χ0) is 13.7. The highest BCUT2D eigenvalue weighted by atomic mass is 32.2. The van der Waals surface area contributed by atoms with Gasteiger partial charge in [0.1, 0.15) is 0 Å². The van der Waals surface area contributed by atoms with Crippen LogP contribution in [0.3, 0.4) is 0 Å². The van der Waals surface area contributed by atoms with Gasteiger partial charge in [-0.15, -0.1) is 0 Å². The van der Waals surface area contributed by atoms with Crippen molar-refractivity contribution in [2.75, 3.05) is 11.1 Å². The van der Waals surface area contributed by atoms with Crippen LogP contribution in [-0.4, -0.2) is 15.9 Å². The third kappa shape index (κ3) is 3.29. The van der Waals surface area contributed by atoms with Crippen molar-refractivity contribution in [3.63, 3.8) is 0 Å². The Balaban J connectivity index is 2.27. The van der Waals surface area contributed by atoms with E-state index in [4.69, 9.17) is 0 Å². The Kier molecular flexibility index (Phi) is 4.47. The molecular weight excluding hydrogens is 258 g/mol. The van der Waals surface area contributed by atoms with Crippen molar-refractivity contribution >= 4 is 22.4 Å². The van der Waals surface area contributed by atoms with Crippen LogP contribution in [0.25, 0.3) is 0 Å². The third-order valence-electron chi connectivity index (χ3n) is 2.67. The van der Waals surface area contributed by atoms with Crippen LogP contribution in [0.5, 0.6) is 0 Å². The molecule has 0 radical (unpaired) electrons. The molecular formula is C15H15NO2S. The molecule has 0 aliphatic rings. The summed E-state index contributed by atoms with van der Waals surface area (Å²) in [5, 5.41) is 2.80. The minimum absolute atomic E-state index is 0.233. The summed E-state index contributed by atoms with van der Waals surface area (Å²) in [4.78, 5) is 12.8. The Morgan fingerprint density at radius 1 is 1.05 bits per heavy atom. The van der Waals surface area contributed by atoms with Gasteiger partial charge < -0.3 is 5.32 Å². The van der Waals surface area contributed by atoms with Gasteiger partial charge in [-0.1, -0.05) is 37.3 Å². The lowest BCUT2D eigenvalue weighted by Gasteiger charge is -2.09. The van der Waals surface area contributed by atoms with Crippen molar-refractivity contribution in [3.05, 3.63) is 60.2 Å². The fourth-order valence-electron chi connectivity index (χ4n) is 1.73. The summed E-state index contributed by atoms with van der Waals surface area (Å²) in [7, 11) is -1.14. The Hall–Kier alpha value is -1.94. The van der Waals surface area contributed by atoms with Crippen molar-refractivity contribution in [2.45, 2.75) is 11.8 Å². The Morgan fingerprint density at radius 2 is 1.68 bits per heavy atom. The topological polar surface area (TPSA) is 46.2 Å². The van der Waals surface area contributed by atoms with Crippen molar-refractivity contribution in [1.82, 2.24) is 0 Å². The van der Waals surface area contributed by atoms with Crippen molar-refractivity contribution in [2.24, 2.45) is 0 Å². The fraction of sp³-hybridized carbons (Fsp3) is 0.133. The number of hydrogen-bond donors (Lipinski definition) is 1. The van der Waals surface area contributed by atoms with Crippen LogP contribution < -0.4 is 5.32 Å². The number of carbonyl (C=O) groups excluding carboxylic acids is 1. The first kappa shape index (κ1) is 13.5. The highest BCUT2D eigenvalue weighted by Crippen LogP contribution is 2.16. The van der Waals surface area contributed by atoms with E-state index in [0.29, 0.717) is 16.2 Å². The van der Waals surface area contributed by atoms with Crippen LogP contribution >= 0.6 is 0 Å². The molecule has 0 spiro atoms. The van der Waals surface area contributed by atoms with E-state index in [9.17, 15) is 9.00 Å². The van der Waals surface area contributed by atoms with E-state index in [2.05, 4.69) is 5.32 Å². The maximum Gasteiger partial charge on any atom is 0.256 e. The summed E-state index contributed by atoms with van der Waals surface area (Å²) in [5.74, 6) is 0.263.